The van der Waals surface area contributed by atoms with Crippen molar-refractivity contribution in [3.05, 3.63) is 0 Å². The summed E-state index contributed by atoms with van der Waals surface area (Å²) in [6.07, 6.45) is -0.411. The van der Waals surface area contributed by atoms with Crippen molar-refractivity contribution in [2.75, 3.05) is 26.2 Å². The number of rotatable bonds is 5. The Kier molecular flexibility index (Phi) is 7.91. The molecule has 0 aliphatic rings. The molecule has 18 heavy (non-hydrogen) atoms. The van der Waals surface area contributed by atoms with E-state index in [9.17, 15) is 4.79 Å². The van der Waals surface area contributed by atoms with Crippen LogP contribution < -0.4 is 16.0 Å². The highest BCUT2D eigenvalue weighted by atomic mass is 16.6. The van der Waals surface area contributed by atoms with E-state index in [2.05, 4.69) is 20.9 Å². The van der Waals surface area contributed by atoms with Crippen LogP contribution in [0.25, 0.3) is 0 Å². The predicted octanol–water partition coefficient (Wildman–Crippen LogP) is 1.09. The predicted molar refractivity (Wildman–Crippen MR) is 73.9 cm³/mol. The number of hydrogen-bond donors (Lipinski definition) is 3. The molecule has 0 saturated heterocycles. The summed E-state index contributed by atoms with van der Waals surface area (Å²) in [4.78, 5) is 15.6. The first kappa shape index (κ1) is 16.5. The molecule has 0 aliphatic heterocycles. The van der Waals surface area contributed by atoms with Crippen LogP contribution in [0, 0.1) is 0 Å². The number of guanidine groups is 1. The molecule has 3 N–H and O–H groups in total. The Balaban J connectivity index is 3.88. The summed E-state index contributed by atoms with van der Waals surface area (Å²) in [5.41, 5.74) is -0.466. The quantitative estimate of drug-likeness (QED) is 0.392. The van der Waals surface area contributed by atoms with Gasteiger partial charge < -0.3 is 20.7 Å². The molecule has 0 aromatic carbocycles. The lowest BCUT2D eigenvalue weighted by Crippen LogP contribution is -2.38. The smallest absolute Gasteiger partial charge is 0.407 e. The summed E-state index contributed by atoms with van der Waals surface area (Å²) >= 11 is 0. The number of aliphatic imine (C=N–C) groups is 1. The Hall–Kier alpha value is -1.46. The summed E-state index contributed by atoms with van der Waals surface area (Å²) in [7, 11) is 0. The maximum absolute atomic E-state index is 11.3. The van der Waals surface area contributed by atoms with Gasteiger partial charge in [0.15, 0.2) is 5.96 Å². The average Bonchev–Trinajstić information content (AvgIpc) is 2.22. The van der Waals surface area contributed by atoms with Gasteiger partial charge in [0.05, 0.1) is 6.54 Å². The normalized spacial score (nSPS) is 10.5. The van der Waals surface area contributed by atoms with E-state index < -0.39 is 11.7 Å². The third-order valence-electron chi connectivity index (χ3n) is 1.74. The van der Waals surface area contributed by atoms with Crippen LogP contribution in [0.15, 0.2) is 4.99 Å². The molecule has 0 rings (SSSR count). The number of nitrogens with zero attached hydrogens (tertiary/aromatic N) is 1. The zero-order valence-electron chi connectivity index (χ0n) is 12.1. The minimum atomic E-state index is -0.466. The third-order valence-corrected chi connectivity index (χ3v) is 1.74. The van der Waals surface area contributed by atoms with E-state index in [0.717, 1.165) is 19.0 Å². The SMILES string of the molecule is CCNC(=NCCNC(=O)OC(C)(C)C)NCC. The maximum atomic E-state index is 11.3. The fourth-order valence-electron chi connectivity index (χ4n) is 1.15. The van der Waals surface area contributed by atoms with Gasteiger partial charge in [0, 0.05) is 19.6 Å². The highest BCUT2D eigenvalue weighted by Gasteiger charge is 2.15. The van der Waals surface area contributed by atoms with E-state index >= 15 is 0 Å². The van der Waals surface area contributed by atoms with Crippen molar-refractivity contribution in [2.24, 2.45) is 4.99 Å². The second-order valence-corrected chi connectivity index (χ2v) is 4.72. The van der Waals surface area contributed by atoms with Crippen LogP contribution in [0.1, 0.15) is 34.6 Å². The highest BCUT2D eigenvalue weighted by Crippen LogP contribution is 2.05. The Morgan fingerprint density at radius 1 is 1.11 bits per heavy atom. The van der Waals surface area contributed by atoms with E-state index in [4.69, 9.17) is 4.74 Å². The molecule has 0 fully saturated rings. The van der Waals surface area contributed by atoms with Crippen LogP contribution in [0.3, 0.4) is 0 Å². The van der Waals surface area contributed by atoms with Crippen LogP contribution >= 0.6 is 0 Å². The molecule has 0 atom stereocenters. The monoisotopic (exact) mass is 258 g/mol. The van der Waals surface area contributed by atoms with Crippen molar-refractivity contribution in [2.45, 2.75) is 40.2 Å². The molecule has 0 unspecified atom stereocenters. The van der Waals surface area contributed by atoms with Gasteiger partial charge >= 0.3 is 6.09 Å². The standard InChI is InChI=1S/C12H26N4O2/c1-6-13-10(14-7-2)15-8-9-16-11(17)18-12(3,4)5/h6-9H2,1-5H3,(H,16,17)(H2,13,14,15). The van der Waals surface area contributed by atoms with Gasteiger partial charge in [-0.2, -0.15) is 0 Å². The number of carbonyl (C=O) groups excluding carboxylic acids is 1. The molecule has 0 spiro atoms. The van der Waals surface area contributed by atoms with Crippen molar-refractivity contribution in [1.29, 1.82) is 0 Å². The van der Waals surface area contributed by atoms with Crippen LogP contribution in [-0.4, -0.2) is 43.8 Å². The van der Waals surface area contributed by atoms with Gasteiger partial charge in [-0.15, -0.1) is 0 Å². The second kappa shape index (κ2) is 8.60. The van der Waals surface area contributed by atoms with Crippen LogP contribution in [-0.2, 0) is 4.74 Å². The number of carbonyl (C=O) groups is 1. The summed E-state index contributed by atoms with van der Waals surface area (Å²) in [6.45, 7) is 12.1. The Morgan fingerprint density at radius 3 is 2.11 bits per heavy atom. The van der Waals surface area contributed by atoms with Crippen molar-refractivity contribution in [1.82, 2.24) is 16.0 Å². The number of ether oxygens (including phenoxy) is 1. The highest BCUT2D eigenvalue weighted by molar-refractivity contribution is 5.79. The van der Waals surface area contributed by atoms with E-state index in [1.807, 2.05) is 34.6 Å². The second-order valence-electron chi connectivity index (χ2n) is 4.72. The Morgan fingerprint density at radius 2 is 1.67 bits per heavy atom. The summed E-state index contributed by atoms with van der Waals surface area (Å²) in [6, 6.07) is 0. The molecule has 0 saturated carbocycles. The largest absolute Gasteiger partial charge is 0.444 e. The van der Waals surface area contributed by atoms with Gasteiger partial charge in [0.2, 0.25) is 0 Å². The van der Waals surface area contributed by atoms with Gasteiger partial charge in [-0.3, -0.25) is 4.99 Å². The van der Waals surface area contributed by atoms with Crippen LogP contribution in [0.4, 0.5) is 4.79 Å². The average molecular weight is 258 g/mol. The first-order valence-electron chi connectivity index (χ1n) is 6.38. The van der Waals surface area contributed by atoms with E-state index in [-0.39, 0.29) is 0 Å². The topological polar surface area (TPSA) is 74.8 Å². The third kappa shape index (κ3) is 9.74. The molecule has 6 heteroatoms. The van der Waals surface area contributed by atoms with Crippen molar-refractivity contribution >= 4 is 12.1 Å². The van der Waals surface area contributed by atoms with Crippen molar-refractivity contribution < 1.29 is 9.53 Å². The molecule has 0 heterocycles. The summed E-state index contributed by atoms with van der Waals surface area (Å²) < 4.78 is 5.11. The van der Waals surface area contributed by atoms with Crippen molar-refractivity contribution in [3.8, 4) is 0 Å². The van der Waals surface area contributed by atoms with Crippen LogP contribution in [0.5, 0.6) is 0 Å². The van der Waals surface area contributed by atoms with Gasteiger partial charge in [-0.1, -0.05) is 0 Å². The maximum Gasteiger partial charge on any atom is 0.407 e. The zero-order chi connectivity index (χ0) is 14.0. The van der Waals surface area contributed by atoms with Crippen molar-refractivity contribution in [3.63, 3.8) is 0 Å². The Labute approximate surface area is 110 Å². The fraction of sp³-hybridized carbons (Fsp3) is 0.833. The molecule has 0 aromatic rings. The lowest BCUT2D eigenvalue weighted by atomic mass is 10.2. The lowest BCUT2D eigenvalue weighted by Gasteiger charge is -2.19. The Bertz CT molecular complexity index is 264. The molecular formula is C12H26N4O2. The zero-order valence-corrected chi connectivity index (χ0v) is 12.1. The first-order chi connectivity index (χ1) is 8.39. The number of alkyl carbamates (subject to hydrolysis) is 1. The minimum Gasteiger partial charge on any atom is -0.444 e. The molecule has 0 aromatic heterocycles. The molecule has 106 valence electrons. The molecule has 6 nitrogen and oxygen atoms in total. The van der Waals surface area contributed by atoms with Gasteiger partial charge in [0.1, 0.15) is 5.60 Å². The van der Waals surface area contributed by atoms with Gasteiger partial charge in [0.25, 0.3) is 0 Å². The number of amides is 1. The van der Waals surface area contributed by atoms with Gasteiger partial charge in [-0.05, 0) is 34.6 Å². The van der Waals surface area contributed by atoms with E-state index in [1.54, 1.807) is 0 Å². The lowest BCUT2D eigenvalue weighted by molar-refractivity contribution is 0.0529. The van der Waals surface area contributed by atoms with Gasteiger partial charge in [-0.25, -0.2) is 4.79 Å². The van der Waals surface area contributed by atoms with Crippen LogP contribution in [0.2, 0.25) is 0 Å². The first-order valence-corrected chi connectivity index (χ1v) is 6.38. The van der Waals surface area contributed by atoms with E-state index in [0.29, 0.717) is 13.1 Å². The molecule has 0 bridgehead atoms. The molecule has 0 aliphatic carbocycles. The molecule has 1 amide bonds. The number of hydrogen-bond acceptors (Lipinski definition) is 3. The number of nitrogens with one attached hydrogen (secondary N) is 3. The minimum absolute atomic E-state index is 0.411. The summed E-state index contributed by atoms with van der Waals surface area (Å²) in [5.74, 6) is 0.756. The molecular weight excluding hydrogens is 232 g/mol. The van der Waals surface area contributed by atoms with E-state index in [1.165, 1.54) is 0 Å². The fourth-order valence-corrected chi connectivity index (χ4v) is 1.15. The summed E-state index contributed by atoms with van der Waals surface area (Å²) in [5, 5.41) is 8.86. The molecule has 0 radical (unpaired) electrons.